The van der Waals surface area contributed by atoms with Gasteiger partial charge < -0.3 is 9.84 Å². The Hall–Kier alpha value is -1.99. The molecule has 0 saturated carbocycles. The van der Waals surface area contributed by atoms with E-state index in [1.54, 1.807) is 34.9 Å². The molecule has 0 fully saturated rings. The molecule has 0 bridgehead atoms. The van der Waals surface area contributed by atoms with Crippen LogP contribution in [0.1, 0.15) is 5.82 Å². The van der Waals surface area contributed by atoms with Crippen LogP contribution in [-0.2, 0) is 17.9 Å². The van der Waals surface area contributed by atoms with E-state index in [0.717, 1.165) is 11.8 Å². The van der Waals surface area contributed by atoms with Gasteiger partial charge in [-0.15, -0.1) is 16.8 Å². The fourth-order valence-corrected chi connectivity index (χ4v) is 2.54. The zero-order chi connectivity index (χ0) is 15.9. The van der Waals surface area contributed by atoms with E-state index in [1.807, 2.05) is 0 Å². The van der Waals surface area contributed by atoms with Gasteiger partial charge in [-0.2, -0.15) is 0 Å². The van der Waals surface area contributed by atoms with Crippen molar-refractivity contribution in [1.82, 2.24) is 14.8 Å². The molecule has 8 heteroatoms. The summed E-state index contributed by atoms with van der Waals surface area (Å²) in [7, 11) is 0. The summed E-state index contributed by atoms with van der Waals surface area (Å²) in [5, 5.41) is 17.9. The summed E-state index contributed by atoms with van der Waals surface area (Å²) >= 11 is 7.00. The van der Waals surface area contributed by atoms with Gasteiger partial charge in [0, 0.05) is 11.6 Å². The molecular weight excluding hydrogens is 326 g/mol. The van der Waals surface area contributed by atoms with Crippen molar-refractivity contribution in [3.8, 4) is 5.75 Å². The average Bonchev–Trinajstić information content (AvgIpc) is 2.86. The van der Waals surface area contributed by atoms with E-state index in [1.165, 1.54) is 0 Å². The maximum Gasteiger partial charge on any atom is 0.313 e. The smallest absolute Gasteiger partial charge is 0.313 e. The second kappa shape index (κ2) is 7.86. The lowest BCUT2D eigenvalue weighted by Crippen LogP contribution is -2.08. The molecule has 0 spiro atoms. The molecule has 0 aliphatic carbocycles. The number of thioether (sulfide) groups is 1. The maximum atomic E-state index is 10.7. The molecule has 0 aliphatic heterocycles. The van der Waals surface area contributed by atoms with E-state index < -0.39 is 5.97 Å². The van der Waals surface area contributed by atoms with Crippen LogP contribution in [0.5, 0.6) is 5.75 Å². The van der Waals surface area contributed by atoms with E-state index in [2.05, 4.69) is 16.8 Å². The molecule has 1 aromatic carbocycles. The second-order valence-corrected chi connectivity index (χ2v) is 5.61. The summed E-state index contributed by atoms with van der Waals surface area (Å²) in [6.45, 7) is 4.36. The molecule has 2 aromatic rings. The third-order valence-corrected chi connectivity index (χ3v) is 3.78. The number of halogens is 1. The van der Waals surface area contributed by atoms with Crippen LogP contribution in [0, 0.1) is 0 Å². The Morgan fingerprint density at radius 3 is 3.00 bits per heavy atom. The highest BCUT2D eigenvalue weighted by molar-refractivity contribution is 7.99. The number of aliphatic carboxylic acids is 1. The predicted molar refractivity (Wildman–Crippen MR) is 84.4 cm³/mol. The van der Waals surface area contributed by atoms with Crippen LogP contribution in [0.25, 0.3) is 0 Å². The standard InChI is InChI=1S/C14H14ClN3O3S/c1-2-6-18-12(16-17-14(18)22-9-13(19)20)8-21-11-5-3-4-10(15)7-11/h2-5,7H,1,6,8-9H2,(H,19,20). The van der Waals surface area contributed by atoms with Crippen LogP contribution in [0.3, 0.4) is 0 Å². The summed E-state index contributed by atoms with van der Waals surface area (Å²) < 4.78 is 7.40. The van der Waals surface area contributed by atoms with Crippen molar-refractivity contribution in [1.29, 1.82) is 0 Å². The second-order valence-electron chi connectivity index (χ2n) is 4.23. The topological polar surface area (TPSA) is 77.2 Å². The summed E-state index contributed by atoms with van der Waals surface area (Å²) in [6, 6.07) is 7.05. The van der Waals surface area contributed by atoms with Gasteiger partial charge in [-0.05, 0) is 18.2 Å². The maximum absolute atomic E-state index is 10.7. The van der Waals surface area contributed by atoms with Crippen molar-refractivity contribution >= 4 is 29.3 Å². The van der Waals surface area contributed by atoms with E-state index in [9.17, 15) is 4.79 Å². The first-order valence-electron chi connectivity index (χ1n) is 6.36. The normalized spacial score (nSPS) is 10.4. The van der Waals surface area contributed by atoms with E-state index in [4.69, 9.17) is 21.4 Å². The van der Waals surface area contributed by atoms with Crippen molar-refractivity contribution in [2.24, 2.45) is 0 Å². The van der Waals surface area contributed by atoms with Gasteiger partial charge in [-0.25, -0.2) is 0 Å². The number of rotatable bonds is 8. The Balaban J connectivity index is 2.09. The number of allylic oxidation sites excluding steroid dienone is 1. The van der Waals surface area contributed by atoms with Gasteiger partial charge in [0.05, 0.1) is 5.75 Å². The quantitative estimate of drug-likeness (QED) is 0.588. The Morgan fingerprint density at radius 1 is 1.50 bits per heavy atom. The number of benzene rings is 1. The van der Waals surface area contributed by atoms with Gasteiger partial charge >= 0.3 is 5.97 Å². The number of carboxylic acid groups (broad SMARTS) is 1. The molecule has 0 saturated heterocycles. The van der Waals surface area contributed by atoms with Crippen LogP contribution in [0.4, 0.5) is 0 Å². The van der Waals surface area contributed by atoms with Gasteiger partial charge in [0.15, 0.2) is 11.0 Å². The molecule has 1 N–H and O–H groups in total. The van der Waals surface area contributed by atoms with Crippen molar-refractivity contribution in [2.75, 3.05) is 5.75 Å². The minimum absolute atomic E-state index is 0.0789. The molecule has 0 amide bonds. The number of hydrogen-bond acceptors (Lipinski definition) is 5. The van der Waals surface area contributed by atoms with Crippen LogP contribution >= 0.6 is 23.4 Å². The molecule has 2 rings (SSSR count). The molecule has 6 nitrogen and oxygen atoms in total. The third-order valence-electron chi connectivity index (χ3n) is 2.59. The first-order chi connectivity index (χ1) is 10.6. The molecule has 1 heterocycles. The Labute approximate surface area is 136 Å². The van der Waals surface area contributed by atoms with Gasteiger partial charge in [-0.3, -0.25) is 9.36 Å². The van der Waals surface area contributed by atoms with Crippen molar-refractivity contribution < 1.29 is 14.6 Å². The number of ether oxygens (including phenoxy) is 1. The van der Waals surface area contributed by atoms with E-state index >= 15 is 0 Å². The predicted octanol–water partition coefficient (Wildman–Crippen LogP) is 2.87. The number of nitrogens with zero attached hydrogens (tertiary/aromatic N) is 3. The highest BCUT2D eigenvalue weighted by Crippen LogP contribution is 2.20. The Bertz CT molecular complexity index is 675. The average molecular weight is 340 g/mol. The van der Waals surface area contributed by atoms with Crippen molar-refractivity contribution in [3.05, 3.63) is 47.8 Å². The molecule has 0 atom stereocenters. The minimum atomic E-state index is -0.908. The molecule has 0 unspecified atom stereocenters. The fraction of sp³-hybridized carbons (Fsp3) is 0.214. The largest absolute Gasteiger partial charge is 0.486 e. The molecule has 116 valence electrons. The highest BCUT2D eigenvalue weighted by atomic mass is 35.5. The van der Waals surface area contributed by atoms with Gasteiger partial charge in [0.25, 0.3) is 0 Å². The lowest BCUT2D eigenvalue weighted by molar-refractivity contribution is -0.133. The summed E-state index contributed by atoms with van der Waals surface area (Å²) in [5.74, 6) is 0.229. The van der Waals surface area contributed by atoms with Gasteiger partial charge in [-0.1, -0.05) is 35.5 Å². The van der Waals surface area contributed by atoms with Crippen molar-refractivity contribution in [3.63, 3.8) is 0 Å². The summed E-state index contributed by atoms with van der Waals surface area (Å²) in [4.78, 5) is 10.7. The first-order valence-corrected chi connectivity index (χ1v) is 7.72. The van der Waals surface area contributed by atoms with Crippen LogP contribution in [0.2, 0.25) is 5.02 Å². The lowest BCUT2D eigenvalue weighted by atomic mass is 10.3. The van der Waals surface area contributed by atoms with Gasteiger partial charge in [0.2, 0.25) is 0 Å². The van der Waals surface area contributed by atoms with Crippen LogP contribution in [-0.4, -0.2) is 31.6 Å². The number of carboxylic acids is 1. The summed E-state index contributed by atoms with van der Waals surface area (Å²) in [5.41, 5.74) is 0. The molecule has 0 radical (unpaired) electrons. The Kier molecular flexibility index (Phi) is 5.85. The van der Waals surface area contributed by atoms with Crippen molar-refractivity contribution in [2.45, 2.75) is 18.3 Å². The highest BCUT2D eigenvalue weighted by Gasteiger charge is 2.13. The monoisotopic (exact) mass is 339 g/mol. The lowest BCUT2D eigenvalue weighted by Gasteiger charge is -2.08. The SMILES string of the molecule is C=CCn1c(COc2cccc(Cl)c2)nnc1SCC(=O)O. The van der Waals surface area contributed by atoms with E-state index in [-0.39, 0.29) is 12.4 Å². The summed E-state index contributed by atoms with van der Waals surface area (Å²) in [6.07, 6.45) is 1.69. The zero-order valence-corrected chi connectivity index (χ0v) is 13.2. The molecule has 22 heavy (non-hydrogen) atoms. The Morgan fingerprint density at radius 2 is 2.32 bits per heavy atom. The van der Waals surface area contributed by atoms with Crippen LogP contribution in [0.15, 0.2) is 42.1 Å². The number of hydrogen-bond donors (Lipinski definition) is 1. The molecule has 1 aromatic heterocycles. The van der Waals surface area contributed by atoms with E-state index in [0.29, 0.717) is 28.3 Å². The number of carbonyl (C=O) groups is 1. The molecular formula is C14H14ClN3O3S. The molecule has 0 aliphatic rings. The zero-order valence-electron chi connectivity index (χ0n) is 11.6. The van der Waals surface area contributed by atoms with Crippen LogP contribution < -0.4 is 4.74 Å². The first kappa shape index (κ1) is 16.4. The minimum Gasteiger partial charge on any atom is -0.486 e. The number of aromatic nitrogens is 3. The third kappa shape index (κ3) is 4.51. The van der Waals surface area contributed by atoms with Gasteiger partial charge in [0.1, 0.15) is 12.4 Å². The fourth-order valence-electron chi connectivity index (χ4n) is 1.68.